The molecule has 1 aliphatic heterocycles. The minimum atomic E-state index is -1.12. The minimum absolute atomic E-state index is 0.0699. The topological polar surface area (TPSA) is 79.2 Å². The van der Waals surface area contributed by atoms with Crippen molar-refractivity contribution in [2.45, 2.75) is 83.4 Å². The van der Waals surface area contributed by atoms with E-state index in [0.29, 0.717) is 49.7 Å². The quantitative estimate of drug-likeness (QED) is 0.615. The van der Waals surface area contributed by atoms with Gasteiger partial charge in [-0.2, -0.15) is 0 Å². The van der Waals surface area contributed by atoms with Gasteiger partial charge in [-0.1, -0.05) is 32.9 Å². The molecule has 0 radical (unpaired) electrons. The highest BCUT2D eigenvalue weighted by Crippen LogP contribution is 2.67. The van der Waals surface area contributed by atoms with Gasteiger partial charge in [0.25, 0.3) is 0 Å². The van der Waals surface area contributed by atoms with E-state index < -0.39 is 23.2 Å². The van der Waals surface area contributed by atoms with Crippen molar-refractivity contribution in [3.8, 4) is 0 Å². The highest BCUT2D eigenvalue weighted by molar-refractivity contribution is 5.26. The normalized spacial score (nSPS) is 55.9. The van der Waals surface area contributed by atoms with Crippen LogP contribution in [0.25, 0.3) is 0 Å². The third kappa shape index (κ3) is 2.70. The lowest BCUT2D eigenvalue weighted by Crippen LogP contribution is -2.66. The number of aliphatic hydroxyl groups excluding tert-OH is 2. The lowest BCUT2D eigenvalue weighted by atomic mass is 9.44. The van der Waals surface area contributed by atoms with Crippen LogP contribution in [0.5, 0.6) is 0 Å². The Kier molecular flexibility index (Phi) is 4.77. The molecule has 5 aliphatic rings. The van der Waals surface area contributed by atoms with Crippen molar-refractivity contribution >= 4 is 0 Å². The van der Waals surface area contributed by atoms with Crippen molar-refractivity contribution in [3.05, 3.63) is 12.2 Å². The molecule has 4 aliphatic carbocycles. The van der Waals surface area contributed by atoms with Crippen LogP contribution < -0.4 is 0 Å². The highest BCUT2D eigenvalue weighted by Gasteiger charge is 2.66. The van der Waals surface area contributed by atoms with Crippen LogP contribution in [0.4, 0.5) is 0 Å². The van der Waals surface area contributed by atoms with Crippen molar-refractivity contribution in [1.82, 2.24) is 0 Å². The number of allylic oxidation sites excluding steroid dienone is 1. The Morgan fingerprint density at radius 2 is 1.76 bits per heavy atom. The summed E-state index contributed by atoms with van der Waals surface area (Å²) in [5.74, 6) is 2.17. The fraction of sp³-hybridized carbons (Fsp3) is 0.917. The van der Waals surface area contributed by atoms with Crippen LogP contribution in [0.2, 0.25) is 0 Å². The van der Waals surface area contributed by atoms with E-state index in [9.17, 15) is 15.3 Å². The number of hydrogen-bond acceptors (Lipinski definition) is 5. The number of hydrogen-bond donors (Lipinski definition) is 3. The summed E-state index contributed by atoms with van der Waals surface area (Å²) in [6.07, 6.45) is 8.03. The first-order chi connectivity index (χ1) is 13.7. The van der Waals surface area contributed by atoms with Crippen molar-refractivity contribution in [3.63, 3.8) is 0 Å². The van der Waals surface area contributed by atoms with Crippen LogP contribution in [0.3, 0.4) is 0 Å². The summed E-state index contributed by atoms with van der Waals surface area (Å²) in [6.45, 7) is 8.24. The predicted octanol–water partition coefficient (Wildman–Crippen LogP) is 2.88. The number of ether oxygens (including phenoxy) is 2. The first kappa shape index (κ1) is 20.4. The molecule has 1 unspecified atom stereocenters. The molecule has 29 heavy (non-hydrogen) atoms. The molecule has 164 valence electrons. The van der Waals surface area contributed by atoms with Crippen LogP contribution in [0, 0.1) is 40.4 Å². The Morgan fingerprint density at radius 1 is 1.03 bits per heavy atom. The Labute approximate surface area is 174 Å². The molecular weight excluding hydrogens is 368 g/mol. The van der Waals surface area contributed by atoms with Gasteiger partial charge >= 0.3 is 0 Å². The van der Waals surface area contributed by atoms with Gasteiger partial charge in [-0.25, -0.2) is 0 Å². The Morgan fingerprint density at radius 3 is 2.48 bits per heavy atom. The zero-order chi connectivity index (χ0) is 20.6. The van der Waals surface area contributed by atoms with E-state index in [1.54, 1.807) is 0 Å². The zero-order valence-corrected chi connectivity index (χ0v) is 18.1. The predicted molar refractivity (Wildman–Crippen MR) is 109 cm³/mol. The fourth-order valence-corrected chi connectivity index (χ4v) is 8.48. The van der Waals surface area contributed by atoms with E-state index in [-0.39, 0.29) is 17.6 Å². The van der Waals surface area contributed by atoms with Gasteiger partial charge < -0.3 is 24.8 Å². The van der Waals surface area contributed by atoms with E-state index in [4.69, 9.17) is 9.47 Å². The van der Waals surface area contributed by atoms with Gasteiger partial charge in [0.15, 0.2) is 6.29 Å². The molecule has 0 bridgehead atoms. The molecular formula is C24H38O5. The van der Waals surface area contributed by atoms with E-state index in [1.165, 1.54) is 12.8 Å². The number of aliphatic hydroxyl groups is 3. The SMILES string of the molecule is CC(C1OCCO1)[C@H]1CC[C@H]2[C@@H]3C=C[C@@]4(O)C[C@H](O)C[C@H](O)[C@]4(C)[C@H]3CC[C@]12C. The molecule has 0 aromatic rings. The van der Waals surface area contributed by atoms with Gasteiger partial charge in [-0.3, -0.25) is 0 Å². The van der Waals surface area contributed by atoms with Crippen LogP contribution in [-0.2, 0) is 9.47 Å². The second-order valence-corrected chi connectivity index (χ2v) is 11.2. The average Bonchev–Trinajstić information content (AvgIpc) is 3.30. The standard InChI is InChI=1S/C24H38O5/c1-14(21-28-10-11-29-21)17-4-5-18-16-6-9-24(27)13-15(25)12-20(26)23(24,3)19(16)7-8-22(17,18)2/h6,9,14-21,25-27H,4-5,7-8,10-13H2,1-3H3/t14?,15-,16+,17-,18+,19+,20+,22-,23+,24-/m1/s1. The molecule has 1 saturated heterocycles. The van der Waals surface area contributed by atoms with Crippen molar-refractivity contribution in [1.29, 1.82) is 0 Å². The molecule has 3 N–H and O–H groups in total. The molecule has 4 fully saturated rings. The van der Waals surface area contributed by atoms with Crippen LogP contribution in [0.15, 0.2) is 12.2 Å². The van der Waals surface area contributed by atoms with Crippen LogP contribution in [-0.4, -0.2) is 52.6 Å². The monoisotopic (exact) mass is 406 g/mol. The summed E-state index contributed by atoms with van der Waals surface area (Å²) >= 11 is 0. The molecule has 3 saturated carbocycles. The summed E-state index contributed by atoms with van der Waals surface area (Å²) in [5.41, 5.74) is -1.46. The van der Waals surface area contributed by atoms with Gasteiger partial charge in [0.1, 0.15) is 0 Å². The zero-order valence-electron chi connectivity index (χ0n) is 18.1. The summed E-state index contributed by atoms with van der Waals surface area (Å²) < 4.78 is 11.7. The molecule has 0 aromatic carbocycles. The molecule has 5 heteroatoms. The lowest BCUT2D eigenvalue weighted by Gasteiger charge is -2.63. The average molecular weight is 407 g/mol. The largest absolute Gasteiger partial charge is 0.393 e. The maximum absolute atomic E-state index is 11.5. The van der Waals surface area contributed by atoms with Crippen molar-refractivity contribution in [2.75, 3.05) is 13.2 Å². The first-order valence-corrected chi connectivity index (χ1v) is 11.7. The summed E-state index contributed by atoms with van der Waals surface area (Å²) in [6, 6.07) is 0. The van der Waals surface area contributed by atoms with Crippen LogP contribution in [0.1, 0.15) is 59.3 Å². The number of rotatable bonds is 2. The second kappa shape index (κ2) is 6.77. The van der Waals surface area contributed by atoms with Crippen molar-refractivity contribution < 1.29 is 24.8 Å². The van der Waals surface area contributed by atoms with Crippen LogP contribution >= 0.6 is 0 Å². The van der Waals surface area contributed by atoms with E-state index in [0.717, 1.165) is 12.8 Å². The molecule has 10 atom stereocenters. The third-order valence-corrected chi connectivity index (χ3v) is 10.1. The summed E-state index contributed by atoms with van der Waals surface area (Å²) in [4.78, 5) is 0. The summed E-state index contributed by atoms with van der Waals surface area (Å²) in [7, 11) is 0. The summed E-state index contributed by atoms with van der Waals surface area (Å²) in [5, 5.41) is 32.7. The molecule has 0 amide bonds. The van der Waals surface area contributed by atoms with Gasteiger partial charge in [-0.15, -0.1) is 0 Å². The second-order valence-electron chi connectivity index (χ2n) is 11.2. The van der Waals surface area contributed by atoms with Gasteiger partial charge in [-0.05, 0) is 54.8 Å². The van der Waals surface area contributed by atoms with E-state index in [2.05, 4.69) is 26.8 Å². The Hall–Kier alpha value is -0.460. The van der Waals surface area contributed by atoms with Crippen molar-refractivity contribution in [2.24, 2.45) is 40.4 Å². The maximum atomic E-state index is 11.5. The molecule has 1 heterocycles. The van der Waals surface area contributed by atoms with E-state index >= 15 is 0 Å². The number of fused-ring (bicyclic) bond motifs is 5. The highest BCUT2D eigenvalue weighted by atomic mass is 16.7. The first-order valence-electron chi connectivity index (χ1n) is 11.7. The third-order valence-electron chi connectivity index (χ3n) is 10.1. The molecule has 0 aromatic heterocycles. The Bertz CT molecular complexity index is 674. The smallest absolute Gasteiger partial charge is 0.160 e. The molecule has 5 nitrogen and oxygen atoms in total. The fourth-order valence-electron chi connectivity index (χ4n) is 8.48. The van der Waals surface area contributed by atoms with Gasteiger partial charge in [0.2, 0.25) is 0 Å². The minimum Gasteiger partial charge on any atom is -0.393 e. The van der Waals surface area contributed by atoms with Gasteiger partial charge in [0.05, 0.1) is 31.0 Å². The van der Waals surface area contributed by atoms with E-state index in [1.807, 2.05) is 6.08 Å². The molecule has 0 spiro atoms. The van der Waals surface area contributed by atoms with Gasteiger partial charge in [0, 0.05) is 24.2 Å². The molecule has 5 rings (SSSR count). The Balaban J connectivity index is 1.45. The lowest BCUT2D eigenvalue weighted by molar-refractivity contribution is -0.218. The maximum Gasteiger partial charge on any atom is 0.160 e.